The van der Waals surface area contributed by atoms with E-state index in [-0.39, 0.29) is 0 Å². The molecular weight excluding hydrogens is 274 g/mol. The Morgan fingerprint density at radius 2 is 2.15 bits per heavy atom. The molecule has 20 heavy (non-hydrogen) atoms. The second kappa shape index (κ2) is 5.09. The summed E-state index contributed by atoms with van der Waals surface area (Å²) in [5, 5.41) is 7.26. The van der Waals surface area contributed by atoms with Crippen LogP contribution >= 0.6 is 11.3 Å². The number of thiophene rings is 1. The number of aryl methyl sites for hydroxylation is 2. The minimum atomic E-state index is 0.498. The number of hydrogen-bond donors (Lipinski definition) is 2. The van der Waals surface area contributed by atoms with E-state index in [0.29, 0.717) is 18.4 Å². The first-order chi connectivity index (χ1) is 9.65. The lowest BCUT2D eigenvalue weighted by Gasteiger charge is -2.06. The molecule has 0 saturated heterocycles. The standard InChI is InChI=1S/C13H15N5OS/c1-7-5-15-10(19-7)6-16-11-9-4-8(2)20-12(9)18-13(14-3)17-11/h4-5H,6H2,1-3H3,(H2,14,16,17,18). The highest BCUT2D eigenvalue weighted by atomic mass is 32.1. The van der Waals surface area contributed by atoms with Crippen LogP contribution in [0.1, 0.15) is 16.5 Å². The van der Waals surface area contributed by atoms with Gasteiger partial charge in [0.15, 0.2) is 0 Å². The number of fused-ring (bicyclic) bond motifs is 1. The van der Waals surface area contributed by atoms with Gasteiger partial charge in [0.25, 0.3) is 0 Å². The van der Waals surface area contributed by atoms with E-state index in [4.69, 9.17) is 4.42 Å². The molecule has 0 atom stereocenters. The maximum Gasteiger partial charge on any atom is 0.225 e. The SMILES string of the molecule is CNc1nc(NCc2ncc(C)o2)c2cc(C)sc2n1. The Morgan fingerprint density at radius 1 is 1.30 bits per heavy atom. The van der Waals surface area contributed by atoms with Crippen molar-refractivity contribution in [3.63, 3.8) is 0 Å². The average molecular weight is 289 g/mol. The van der Waals surface area contributed by atoms with Crippen LogP contribution in [-0.4, -0.2) is 22.0 Å². The largest absolute Gasteiger partial charge is 0.444 e. The number of oxazole rings is 1. The Morgan fingerprint density at radius 3 is 2.85 bits per heavy atom. The normalized spacial score (nSPS) is 10.9. The van der Waals surface area contributed by atoms with Gasteiger partial charge in [-0.3, -0.25) is 0 Å². The molecule has 3 heterocycles. The van der Waals surface area contributed by atoms with Gasteiger partial charge in [0.05, 0.1) is 18.1 Å². The fourth-order valence-corrected chi connectivity index (χ4v) is 2.81. The second-order valence-electron chi connectivity index (χ2n) is 4.44. The summed E-state index contributed by atoms with van der Waals surface area (Å²) in [5.74, 6) is 2.84. The summed E-state index contributed by atoms with van der Waals surface area (Å²) in [4.78, 5) is 15.3. The number of nitrogens with zero attached hydrogens (tertiary/aromatic N) is 3. The molecule has 3 aromatic heterocycles. The van der Waals surface area contributed by atoms with Crippen molar-refractivity contribution < 1.29 is 4.42 Å². The van der Waals surface area contributed by atoms with E-state index in [9.17, 15) is 0 Å². The quantitative estimate of drug-likeness (QED) is 0.769. The van der Waals surface area contributed by atoms with E-state index in [0.717, 1.165) is 21.8 Å². The van der Waals surface area contributed by atoms with E-state index in [1.54, 1.807) is 17.5 Å². The van der Waals surface area contributed by atoms with Crippen LogP contribution in [0.5, 0.6) is 0 Å². The van der Waals surface area contributed by atoms with Gasteiger partial charge in [-0.1, -0.05) is 0 Å². The maximum atomic E-state index is 5.45. The van der Waals surface area contributed by atoms with E-state index in [1.807, 2.05) is 14.0 Å². The van der Waals surface area contributed by atoms with Crippen molar-refractivity contribution in [1.82, 2.24) is 15.0 Å². The summed E-state index contributed by atoms with van der Waals surface area (Å²) in [7, 11) is 1.81. The molecule has 0 bridgehead atoms. The molecule has 0 unspecified atom stereocenters. The number of hydrogen-bond acceptors (Lipinski definition) is 7. The highest BCUT2D eigenvalue weighted by Crippen LogP contribution is 2.29. The molecule has 0 spiro atoms. The van der Waals surface area contributed by atoms with Crippen molar-refractivity contribution in [2.75, 3.05) is 17.7 Å². The third kappa shape index (κ3) is 2.44. The molecule has 0 aliphatic heterocycles. The van der Waals surface area contributed by atoms with Crippen LogP contribution in [0, 0.1) is 13.8 Å². The predicted molar refractivity (Wildman–Crippen MR) is 80.3 cm³/mol. The lowest BCUT2D eigenvalue weighted by molar-refractivity contribution is 0.479. The summed E-state index contributed by atoms with van der Waals surface area (Å²) < 4.78 is 5.45. The van der Waals surface area contributed by atoms with Crippen molar-refractivity contribution in [3.8, 4) is 0 Å². The molecule has 0 radical (unpaired) electrons. The van der Waals surface area contributed by atoms with Crippen molar-refractivity contribution in [2.45, 2.75) is 20.4 Å². The zero-order valence-corrected chi connectivity index (χ0v) is 12.3. The zero-order valence-electron chi connectivity index (χ0n) is 11.5. The summed E-state index contributed by atoms with van der Waals surface area (Å²) in [6, 6.07) is 2.09. The number of anilines is 2. The summed E-state index contributed by atoms with van der Waals surface area (Å²) in [6.45, 7) is 4.44. The first kappa shape index (κ1) is 12.9. The van der Waals surface area contributed by atoms with Crippen LogP contribution in [0.4, 0.5) is 11.8 Å². The van der Waals surface area contributed by atoms with Crippen molar-refractivity contribution in [1.29, 1.82) is 0 Å². The summed E-state index contributed by atoms with van der Waals surface area (Å²) in [5.41, 5.74) is 0. The third-order valence-electron chi connectivity index (χ3n) is 2.82. The third-order valence-corrected chi connectivity index (χ3v) is 3.76. The van der Waals surface area contributed by atoms with Gasteiger partial charge >= 0.3 is 0 Å². The van der Waals surface area contributed by atoms with Crippen LogP contribution in [0.15, 0.2) is 16.7 Å². The van der Waals surface area contributed by atoms with E-state index in [1.165, 1.54) is 4.88 Å². The molecule has 0 aliphatic rings. The van der Waals surface area contributed by atoms with Gasteiger partial charge in [-0.2, -0.15) is 4.98 Å². The van der Waals surface area contributed by atoms with E-state index >= 15 is 0 Å². The highest BCUT2D eigenvalue weighted by molar-refractivity contribution is 7.18. The molecule has 7 heteroatoms. The zero-order chi connectivity index (χ0) is 14.1. The fourth-order valence-electron chi connectivity index (χ4n) is 1.93. The Kier molecular flexibility index (Phi) is 3.27. The lowest BCUT2D eigenvalue weighted by atomic mass is 10.3. The molecule has 0 saturated carbocycles. The van der Waals surface area contributed by atoms with Crippen LogP contribution in [0.25, 0.3) is 10.2 Å². The summed E-state index contributed by atoms with van der Waals surface area (Å²) >= 11 is 1.65. The highest BCUT2D eigenvalue weighted by Gasteiger charge is 2.10. The summed E-state index contributed by atoms with van der Waals surface area (Å²) in [6.07, 6.45) is 1.71. The van der Waals surface area contributed by atoms with Gasteiger partial charge in [0.2, 0.25) is 11.8 Å². The molecule has 0 aliphatic carbocycles. The van der Waals surface area contributed by atoms with Crippen molar-refractivity contribution in [3.05, 3.63) is 28.8 Å². The molecule has 2 N–H and O–H groups in total. The average Bonchev–Trinajstić information content (AvgIpc) is 3.00. The molecular formula is C13H15N5OS. The van der Waals surface area contributed by atoms with Gasteiger partial charge < -0.3 is 15.1 Å². The van der Waals surface area contributed by atoms with Crippen LogP contribution < -0.4 is 10.6 Å². The molecule has 3 rings (SSSR count). The molecule has 6 nitrogen and oxygen atoms in total. The topological polar surface area (TPSA) is 75.9 Å². The van der Waals surface area contributed by atoms with Crippen LogP contribution in [-0.2, 0) is 6.54 Å². The number of rotatable bonds is 4. The fraction of sp³-hybridized carbons (Fsp3) is 0.308. The monoisotopic (exact) mass is 289 g/mol. The molecule has 0 fully saturated rings. The molecule has 0 aromatic carbocycles. The Hall–Kier alpha value is -2.15. The smallest absolute Gasteiger partial charge is 0.225 e. The first-order valence-corrected chi connectivity index (χ1v) is 7.08. The van der Waals surface area contributed by atoms with Crippen LogP contribution in [0.2, 0.25) is 0 Å². The van der Waals surface area contributed by atoms with Gasteiger partial charge in [-0.05, 0) is 19.9 Å². The first-order valence-electron chi connectivity index (χ1n) is 6.27. The Labute approximate surface area is 120 Å². The van der Waals surface area contributed by atoms with Crippen LogP contribution in [0.3, 0.4) is 0 Å². The van der Waals surface area contributed by atoms with Crippen molar-refractivity contribution in [2.24, 2.45) is 0 Å². The number of nitrogens with one attached hydrogen (secondary N) is 2. The maximum absolute atomic E-state index is 5.45. The van der Waals surface area contributed by atoms with Gasteiger partial charge in [0, 0.05) is 11.9 Å². The van der Waals surface area contributed by atoms with E-state index < -0.39 is 0 Å². The van der Waals surface area contributed by atoms with Gasteiger partial charge in [0.1, 0.15) is 16.4 Å². The minimum Gasteiger partial charge on any atom is -0.444 e. The van der Waals surface area contributed by atoms with Gasteiger partial charge in [-0.15, -0.1) is 11.3 Å². The predicted octanol–water partition coefficient (Wildman–Crippen LogP) is 2.95. The Bertz CT molecular complexity index is 748. The molecule has 104 valence electrons. The van der Waals surface area contributed by atoms with Crippen molar-refractivity contribution >= 4 is 33.3 Å². The number of aromatic nitrogens is 3. The second-order valence-corrected chi connectivity index (χ2v) is 5.67. The van der Waals surface area contributed by atoms with E-state index in [2.05, 4.69) is 38.6 Å². The Balaban J connectivity index is 1.92. The lowest BCUT2D eigenvalue weighted by Crippen LogP contribution is -2.05. The minimum absolute atomic E-state index is 0.498. The van der Waals surface area contributed by atoms with Gasteiger partial charge in [-0.25, -0.2) is 9.97 Å². The molecule has 0 amide bonds. The molecule has 3 aromatic rings.